The summed E-state index contributed by atoms with van der Waals surface area (Å²) < 4.78 is 7.36. The van der Waals surface area contributed by atoms with E-state index in [1.165, 1.54) is 29.7 Å². The summed E-state index contributed by atoms with van der Waals surface area (Å²) in [6.07, 6.45) is 7.81. The Balaban J connectivity index is 1.21. The number of likely N-dealkylation sites (tertiary alicyclic amines) is 1. The molecule has 184 valence electrons. The average Bonchev–Trinajstić information content (AvgIpc) is 3.03. The first kappa shape index (κ1) is 23.4. The molecule has 1 aromatic carbocycles. The summed E-state index contributed by atoms with van der Waals surface area (Å²) in [6, 6.07) is 8.90. The lowest BCUT2D eigenvalue weighted by molar-refractivity contribution is 0.0748. The minimum absolute atomic E-state index is 0.155. The maximum atomic E-state index is 13.4. The summed E-state index contributed by atoms with van der Waals surface area (Å²) in [5.41, 5.74) is 4.51. The number of piperazine rings is 1. The molecule has 2 fully saturated rings. The van der Waals surface area contributed by atoms with Crippen molar-refractivity contribution in [3.8, 4) is 5.75 Å². The minimum Gasteiger partial charge on any atom is -0.497 e. The zero-order chi connectivity index (χ0) is 23.5. The molecule has 5 rings (SSSR count). The highest BCUT2D eigenvalue weighted by molar-refractivity contribution is 5.94. The topological polar surface area (TPSA) is 53.8 Å². The molecule has 2 aromatic rings. The number of hydrogen-bond acceptors (Lipinski definition) is 5. The van der Waals surface area contributed by atoms with E-state index in [0.29, 0.717) is 6.04 Å². The molecule has 7 nitrogen and oxygen atoms in total. The van der Waals surface area contributed by atoms with Crippen molar-refractivity contribution in [2.75, 3.05) is 46.4 Å². The number of fused-ring (bicyclic) bond motifs is 1. The monoisotopic (exact) mass is 465 g/mol. The number of ether oxygens (including phenoxy) is 1. The summed E-state index contributed by atoms with van der Waals surface area (Å²) in [7, 11) is 3.73. The van der Waals surface area contributed by atoms with Gasteiger partial charge < -0.3 is 9.64 Å². The zero-order valence-corrected chi connectivity index (χ0v) is 20.8. The Hall–Kier alpha value is -2.38. The number of carbonyl (C=O) groups is 1. The molecule has 0 spiro atoms. The predicted molar refractivity (Wildman–Crippen MR) is 133 cm³/mol. The standard InChI is InChI=1S/C27H39N5O2/c1-29-25-11-10-22(19-24(25)26(28-29)27(33)32-12-5-3-4-6-13-32)31-16-14-30(15-17-31)20-21-8-7-9-23(18-21)34-2/h7-9,18,22H,3-6,10-17,19-20H2,1-2H3. The van der Waals surface area contributed by atoms with E-state index in [0.717, 1.165) is 89.4 Å². The van der Waals surface area contributed by atoms with Crippen LogP contribution in [0.3, 0.4) is 0 Å². The summed E-state index contributed by atoms with van der Waals surface area (Å²) in [5.74, 6) is 1.08. The molecule has 1 aromatic heterocycles. The van der Waals surface area contributed by atoms with Crippen LogP contribution in [-0.4, -0.2) is 82.8 Å². The van der Waals surface area contributed by atoms with Crippen molar-refractivity contribution in [2.24, 2.45) is 7.05 Å². The molecule has 34 heavy (non-hydrogen) atoms. The number of aryl methyl sites for hydroxylation is 1. The van der Waals surface area contributed by atoms with Gasteiger partial charge in [0.1, 0.15) is 5.75 Å². The van der Waals surface area contributed by atoms with E-state index in [2.05, 4.69) is 32.9 Å². The maximum Gasteiger partial charge on any atom is 0.274 e. The van der Waals surface area contributed by atoms with Gasteiger partial charge in [-0.25, -0.2) is 0 Å². The number of aromatic nitrogens is 2. The number of hydrogen-bond donors (Lipinski definition) is 0. The summed E-state index contributed by atoms with van der Waals surface area (Å²) in [6.45, 7) is 7.04. The molecular weight excluding hydrogens is 426 g/mol. The van der Waals surface area contributed by atoms with Crippen molar-refractivity contribution in [3.63, 3.8) is 0 Å². The molecule has 0 radical (unpaired) electrons. The van der Waals surface area contributed by atoms with Gasteiger partial charge in [-0.1, -0.05) is 25.0 Å². The van der Waals surface area contributed by atoms with Crippen LogP contribution in [0, 0.1) is 0 Å². The number of amides is 1. The molecule has 1 unspecified atom stereocenters. The Morgan fingerprint density at radius 2 is 1.82 bits per heavy atom. The first-order valence-electron chi connectivity index (χ1n) is 13.1. The van der Waals surface area contributed by atoms with Crippen molar-refractivity contribution in [1.29, 1.82) is 0 Å². The fraction of sp³-hybridized carbons (Fsp3) is 0.630. The van der Waals surface area contributed by atoms with Crippen LogP contribution in [-0.2, 0) is 26.4 Å². The SMILES string of the molecule is COc1cccc(CN2CCN(C3CCc4c(c(C(=O)N5CCCCCC5)nn4C)C3)CC2)c1. The first-order valence-corrected chi connectivity index (χ1v) is 13.1. The largest absolute Gasteiger partial charge is 0.497 e. The lowest BCUT2D eigenvalue weighted by atomic mass is 9.89. The Bertz CT molecular complexity index is 987. The highest BCUT2D eigenvalue weighted by Gasteiger charge is 2.33. The summed E-state index contributed by atoms with van der Waals surface area (Å²) >= 11 is 0. The fourth-order valence-electron chi connectivity index (χ4n) is 5.99. The Morgan fingerprint density at radius 1 is 1.06 bits per heavy atom. The number of nitrogens with zero attached hydrogens (tertiary/aromatic N) is 5. The van der Waals surface area contributed by atoms with Gasteiger partial charge in [-0.3, -0.25) is 19.3 Å². The van der Waals surface area contributed by atoms with Crippen LogP contribution in [0.1, 0.15) is 59.4 Å². The third-order valence-corrected chi connectivity index (χ3v) is 7.99. The second-order valence-corrected chi connectivity index (χ2v) is 10.2. The lowest BCUT2D eigenvalue weighted by Crippen LogP contribution is -2.51. The third-order valence-electron chi connectivity index (χ3n) is 7.99. The number of methoxy groups -OCH3 is 1. The van der Waals surface area contributed by atoms with Gasteiger partial charge in [0.2, 0.25) is 0 Å². The first-order chi connectivity index (χ1) is 16.6. The van der Waals surface area contributed by atoms with Gasteiger partial charge in [-0.05, 0) is 49.8 Å². The molecule has 0 saturated carbocycles. The van der Waals surface area contributed by atoms with E-state index in [1.807, 2.05) is 17.8 Å². The van der Waals surface area contributed by atoms with Crippen LogP contribution >= 0.6 is 0 Å². The van der Waals surface area contributed by atoms with Gasteiger partial charge in [-0.15, -0.1) is 0 Å². The van der Waals surface area contributed by atoms with Gasteiger partial charge >= 0.3 is 0 Å². The molecule has 2 saturated heterocycles. The van der Waals surface area contributed by atoms with Crippen LogP contribution in [0.25, 0.3) is 0 Å². The van der Waals surface area contributed by atoms with E-state index in [-0.39, 0.29) is 5.91 Å². The van der Waals surface area contributed by atoms with Gasteiger partial charge in [-0.2, -0.15) is 5.10 Å². The Labute approximate surface area is 203 Å². The molecule has 1 atom stereocenters. The highest BCUT2D eigenvalue weighted by Crippen LogP contribution is 2.29. The van der Waals surface area contributed by atoms with Crippen molar-refractivity contribution in [1.82, 2.24) is 24.5 Å². The number of rotatable bonds is 5. The third kappa shape index (κ3) is 5.01. The summed E-state index contributed by atoms with van der Waals surface area (Å²) in [4.78, 5) is 20.6. The van der Waals surface area contributed by atoms with Crippen LogP contribution in [0.4, 0.5) is 0 Å². The van der Waals surface area contributed by atoms with Gasteiger partial charge in [0.05, 0.1) is 7.11 Å². The molecule has 2 aliphatic heterocycles. The molecule has 1 aliphatic carbocycles. The highest BCUT2D eigenvalue weighted by atomic mass is 16.5. The molecule has 3 aliphatic rings. The second-order valence-electron chi connectivity index (χ2n) is 10.2. The quantitative estimate of drug-likeness (QED) is 0.679. The number of benzene rings is 1. The van der Waals surface area contributed by atoms with E-state index in [4.69, 9.17) is 9.84 Å². The predicted octanol–water partition coefficient (Wildman–Crippen LogP) is 3.12. The van der Waals surface area contributed by atoms with Crippen molar-refractivity contribution in [3.05, 3.63) is 46.8 Å². The minimum atomic E-state index is 0.155. The lowest BCUT2D eigenvalue weighted by Gasteiger charge is -2.41. The molecule has 1 amide bonds. The summed E-state index contributed by atoms with van der Waals surface area (Å²) in [5, 5.41) is 4.74. The van der Waals surface area contributed by atoms with Gasteiger partial charge in [0.15, 0.2) is 5.69 Å². The van der Waals surface area contributed by atoms with E-state index in [1.54, 1.807) is 7.11 Å². The van der Waals surface area contributed by atoms with E-state index in [9.17, 15) is 4.79 Å². The molecular formula is C27H39N5O2. The van der Waals surface area contributed by atoms with Gasteiger partial charge in [0.25, 0.3) is 5.91 Å². The van der Waals surface area contributed by atoms with Crippen LogP contribution in [0.5, 0.6) is 5.75 Å². The Morgan fingerprint density at radius 3 is 2.56 bits per heavy atom. The van der Waals surface area contributed by atoms with E-state index >= 15 is 0 Å². The van der Waals surface area contributed by atoms with Crippen molar-refractivity contribution in [2.45, 2.75) is 57.5 Å². The molecule has 7 heteroatoms. The van der Waals surface area contributed by atoms with Crippen LogP contribution < -0.4 is 4.74 Å². The van der Waals surface area contributed by atoms with Gasteiger partial charge in [0, 0.05) is 70.2 Å². The fourth-order valence-corrected chi connectivity index (χ4v) is 5.99. The zero-order valence-electron chi connectivity index (χ0n) is 20.8. The van der Waals surface area contributed by atoms with E-state index < -0.39 is 0 Å². The molecule has 0 N–H and O–H groups in total. The Kier molecular flexibility index (Phi) is 7.21. The van der Waals surface area contributed by atoms with Crippen LogP contribution in [0.2, 0.25) is 0 Å². The van der Waals surface area contributed by atoms with Crippen molar-refractivity contribution < 1.29 is 9.53 Å². The molecule has 0 bridgehead atoms. The molecule has 3 heterocycles. The van der Waals surface area contributed by atoms with Crippen molar-refractivity contribution >= 4 is 5.91 Å². The maximum absolute atomic E-state index is 13.4. The van der Waals surface area contributed by atoms with Crippen LogP contribution in [0.15, 0.2) is 24.3 Å². The smallest absolute Gasteiger partial charge is 0.274 e. The number of carbonyl (C=O) groups excluding carboxylic acids is 1. The average molecular weight is 466 g/mol. The second kappa shape index (κ2) is 10.5. The normalized spacial score (nSPS) is 22.3.